The fourth-order valence-electron chi connectivity index (χ4n) is 6.52. The molecule has 0 bridgehead atoms. The molecule has 0 heterocycles. The summed E-state index contributed by atoms with van der Waals surface area (Å²) in [5, 5.41) is 0. The summed E-state index contributed by atoms with van der Waals surface area (Å²) in [5.41, 5.74) is 2.50. The van der Waals surface area contributed by atoms with Gasteiger partial charge in [-0.15, -0.1) is 0 Å². The van der Waals surface area contributed by atoms with Gasteiger partial charge < -0.3 is 4.74 Å². The maximum Gasteiger partial charge on any atom is 0.134 e. The zero-order valence-corrected chi connectivity index (χ0v) is 20.7. The highest BCUT2D eigenvalue weighted by Gasteiger charge is 2.36. The minimum absolute atomic E-state index is 0.0529. The van der Waals surface area contributed by atoms with Crippen molar-refractivity contribution in [1.29, 1.82) is 0 Å². The molecule has 0 aliphatic heterocycles. The van der Waals surface area contributed by atoms with Gasteiger partial charge >= 0.3 is 0 Å². The van der Waals surface area contributed by atoms with Gasteiger partial charge in [-0.3, -0.25) is 0 Å². The third kappa shape index (κ3) is 5.60. The average molecular weight is 475 g/mol. The van der Waals surface area contributed by atoms with Gasteiger partial charge in [0.15, 0.2) is 0 Å². The minimum atomic E-state index is -0.466. The molecule has 35 heavy (non-hydrogen) atoms. The monoisotopic (exact) mass is 474 g/mol. The number of hydrogen-bond donors (Lipinski definition) is 0. The van der Waals surface area contributed by atoms with Crippen LogP contribution < -0.4 is 4.74 Å². The van der Waals surface area contributed by atoms with E-state index in [2.05, 4.69) is 6.92 Å². The molecule has 5 rings (SSSR count). The molecule has 3 heteroatoms. The lowest BCUT2D eigenvalue weighted by atomic mass is 9.63. The SMILES string of the molecule is CCCC1CCC2CC(c3cc(F)c(-c4ccc(OCc5ccccc5)cc4)c(F)c3)CCC2C1. The lowest BCUT2D eigenvalue weighted by Gasteiger charge is -2.42. The molecular formula is C32H36F2O. The van der Waals surface area contributed by atoms with Gasteiger partial charge in [0.2, 0.25) is 0 Å². The summed E-state index contributed by atoms with van der Waals surface area (Å²) in [6, 6.07) is 20.1. The van der Waals surface area contributed by atoms with Crippen LogP contribution >= 0.6 is 0 Å². The molecule has 3 aromatic carbocycles. The van der Waals surface area contributed by atoms with Crippen LogP contribution in [0.1, 0.15) is 75.3 Å². The van der Waals surface area contributed by atoms with E-state index in [0.717, 1.165) is 41.7 Å². The molecule has 0 radical (unpaired) electrons. The molecular weight excluding hydrogens is 438 g/mol. The fourth-order valence-corrected chi connectivity index (χ4v) is 6.52. The molecule has 2 fully saturated rings. The molecule has 184 valence electrons. The van der Waals surface area contributed by atoms with Crippen LogP contribution in [0.4, 0.5) is 8.78 Å². The molecule has 2 aliphatic carbocycles. The van der Waals surface area contributed by atoms with Gasteiger partial charge in [-0.1, -0.05) is 68.7 Å². The Morgan fingerprint density at radius 2 is 1.49 bits per heavy atom. The highest BCUT2D eigenvalue weighted by molar-refractivity contribution is 5.66. The smallest absolute Gasteiger partial charge is 0.134 e. The molecule has 4 atom stereocenters. The third-order valence-electron chi connectivity index (χ3n) is 8.35. The largest absolute Gasteiger partial charge is 0.489 e. The zero-order chi connectivity index (χ0) is 24.2. The Morgan fingerprint density at radius 3 is 2.20 bits per heavy atom. The van der Waals surface area contributed by atoms with Gasteiger partial charge in [-0.05, 0) is 96.7 Å². The summed E-state index contributed by atoms with van der Waals surface area (Å²) in [6.45, 7) is 2.74. The Hall–Kier alpha value is -2.68. The first-order valence-corrected chi connectivity index (χ1v) is 13.4. The van der Waals surface area contributed by atoms with E-state index in [-0.39, 0.29) is 11.5 Å². The average Bonchev–Trinajstić information content (AvgIpc) is 2.88. The van der Waals surface area contributed by atoms with Crippen LogP contribution in [0, 0.1) is 29.4 Å². The predicted molar refractivity (Wildman–Crippen MR) is 138 cm³/mol. The Labute approximate surface area is 208 Å². The lowest BCUT2D eigenvalue weighted by molar-refractivity contribution is 0.114. The van der Waals surface area contributed by atoms with Crippen molar-refractivity contribution in [3.05, 3.63) is 89.5 Å². The quantitative estimate of drug-likeness (QED) is 0.331. The van der Waals surface area contributed by atoms with Crippen LogP contribution in [-0.4, -0.2) is 0 Å². The van der Waals surface area contributed by atoms with Gasteiger partial charge in [0.1, 0.15) is 24.0 Å². The molecule has 1 nitrogen and oxygen atoms in total. The fraction of sp³-hybridized carbons (Fsp3) is 0.438. The minimum Gasteiger partial charge on any atom is -0.489 e. The topological polar surface area (TPSA) is 9.23 Å². The summed E-state index contributed by atoms with van der Waals surface area (Å²) in [7, 11) is 0. The Kier molecular flexibility index (Phi) is 7.51. The summed E-state index contributed by atoms with van der Waals surface area (Å²) < 4.78 is 36.3. The van der Waals surface area contributed by atoms with Crippen LogP contribution in [-0.2, 0) is 6.61 Å². The highest BCUT2D eigenvalue weighted by atomic mass is 19.1. The number of hydrogen-bond acceptors (Lipinski definition) is 1. The molecule has 0 spiro atoms. The molecule has 2 aliphatic rings. The van der Waals surface area contributed by atoms with Crippen LogP contribution in [0.25, 0.3) is 11.1 Å². The zero-order valence-electron chi connectivity index (χ0n) is 20.7. The molecule has 0 N–H and O–H groups in total. The van der Waals surface area contributed by atoms with Gasteiger partial charge in [0.25, 0.3) is 0 Å². The highest BCUT2D eigenvalue weighted by Crippen LogP contribution is 2.48. The molecule has 0 aromatic heterocycles. The van der Waals surface area contributed by atoms with Crippen molar-refractivity contribution < 1.29 is 13.5 Å². The van der Waals surface area contributed by atoms with Crippen LogP contribution in [0.15, 0.2) is 66.7 Å². The van der Waals surface area contributed by atoms with E-state index in [9.17, 15) is 0 Å². The first-order valence-electron chi connectivity index (χ1n) is 13.4. The normalized spacial score (nSPS) is 24.1. The van der Waals surface area contributed by atoms with Crippen LogP contribution in [0.5, 0.6) is 5.75 Å². The maximum absolute atomic E-state index is 15.2. The Bertz CT molecular complexity index is 1090. The van der Waals surface area contributed by atoms with E-state index in [1.165, 1.54) is 38.5 Å². The number of rotatable bonds is 7. The number of fused-ring (bicyclic) bond motifs is 1. The van der Waals surface area contributed by atoms with E-state index in [1.54, 1.807) is 36.4 Å². The van der Waals surface area contributed by atoms with E-state index in [0.29, 0.717) is 17.9 Å². The van der Waals surface area contributed by atoms with E-state index in [4.69, 9.17) is 4.74 Å². The second-order valence-electron chi connectivity index (χ2n) is 10.7. The first kappa shape index (κ1) is 24.0. The standard InChI is InChI=1S/C32H36F2O/c1-2-6-22-9-10-26-18-27(12-11-25(26)17-22)28-19-30(33)32(31(34)20-28)24-13-15-29(16-14-24)35-21-23-7-4-3-5-8-23/h3-5,7-8,13-16,19-20,22,25-27H,2,6,9-12,17-18,21H2,1H3. The van der Waals surface area contributed by atoms with Crippen molar-refractivity contribution in [2.45, 2.75) is 70.8 Å². The van der Waals surface area contributed by atoms with Crippen LogP contribution in [0.3, 0.4) is 0 Å². The molecule has 0 saturated heterocycles. The Balaban J connectivity index is 1.25. The van der Waals surface area contributed by atoms with Gasteiger partial charge in [-0.2, -0.15) is 0 Å². The summed E-state index contributed by atoms with van der Waals surface area (Å²) >= 11 is 0. The van der Waals surface area contributed by atoms with E-state index in [1.807, 2.05) is 30.3 Å². The van der Waals surface area contributed by atoms with Gasteiger partial charge in [-0.25, -0.2) is 8.78 Å². The van der Waals surface area contributed by atoms with Crippen molar-refractivity contribution in [3.8, 4) is 16.9 Å². The molecule has 3 aromatic rings. The predicted octanol–water partition coefficient (Wildman–Crippen LogP) is 9.31. The number of ether oxygens (including phenoxy) is 1. The first-order chi connectivity index (χ1) is 17.1. The van der Waals surface area contributed by atoms with E-state index >= 15 is 8.78 Å². The van der Waals surface area contributed by atoms with Crippen molar-refractivity contribution in [2.75, 3.05) is 0 Å². The summed E-state index contributed by atoms with van der Waals surface area (Å²) in [4.78, 5) is 0. The number of benzene rings is 3. The van der Waals surface area contributed by atoms with Crippen molar-refractivity contribution >= 4 is 0 Å². The van der Waals surface area contributed by atoms with E-state index < -0.39 is 11.6 Å². The van der Waals surface area contributed by atoms with Crippen LogP contribution in [0.2, 0.25) is 0 Å². The second-order valence-corrected chi connectivity index (χ2v) is 10.7. The second kappa shape index (κ2) is 10.9. The van der Waals surface area contributed by atoms with Gasteiger partial charge in [0, 0.05) is 0 Å². The van der Waals surface area contributed by atoms with Crippen molar-refractivity contribution in [2.24, 2.45) is 17.8 Å². The molecule has 0 amide bonds. The van der Waals surface area contributed by atoms with Crippen molar-refractivity contribution in [3.63, 3.8) is 0 Å². The van der Waals surface area contributed by atoms with Gasteiger partial charge in [0.05, 0.1) is 5.56 Å². The maximum atomic E-state index is 15.2. The molecule has 2 saturated carbocycles. The summed E-state index contributed by atoms with van der Waals surface area (Å²) in [5.74, 6) is 2.44. The summed E-state index contributed by atoms with van der Waals surface area (Å²) in [6.07, 6.45) is 9.93. The molecule has 4 unspecified atom stereocenters. The third-order valence-corrected chi connectivity index (χ3v) is 8.35. The Morgan fingerprint density at radius 1 is 0.800 bits per heavy atom. The van der Waals surface area contributed by atoms with Crippen molar-refractivity contribution in [1.82, 2.24) is 0 Å². The lowest BCUT2D eigenvalue weighted by Crippen LogP contribution is -2.30. The number of halogens is 2.